The molecule has 4 heterocycles. The van der Waals surface area contributed by atoms with Crippen LogP contribution in [0, 0.1) is 0 Å². The highest BCUT2D eigenvalue weighted by atomic mass is 16.7. The number of esters is 3. The number of carbonyl (C=O) groups is 3. The Morgan fingerprint density at radius 2 is 1.31 bits per heavy atom. The summed E-state index contributed by atoms with van der Waals surface area (Å²) in [7, 11) is 3.70. The standard InChI is InChI=1S/C36H30N4O8/c1-39(2)31-27-28-25(18-19-44-28)40(32(27)38-21-37-31)33-30(48-36(43)24-16-10-5-11-17-24)29(47-35(42)23-14-8-4-9-15-23)26(46-33)20-45-34(41)22-12-6-3-7-13-22/h3-19,21,26,29-30,33H,20H2,1-2H3/t26-,29-,30-,33-/m1/s1. The van der Waals surface area contributed by atoms with E-state index in [0.29, 0.717) is 33.5 Å². The maximum absolute atomic E-state index is 13.6. The monoisotopic (exact) mass is 646 g/mol. The molecule has 0 radical (unpaired) electrons. The van der Waals surface area contributed by atoms with Gasteiger partial charge in [-0.1, -0.05) is 54.6 Å². The predicted molar refractivity (Wildman–Crippen MR) is 174 cm³/mol. The van der Waals surface area contributed by atoms with Crippen LogP contribution in [0.4, 0.5) is 5.82 Å². The number of hydrogen-bond acceptors (Lipinski definition) is 11. The van der Waals surface area contributed by atoms with Crippen molar-refractivity contribution in [1.82, 2.24) is 14.5 Å². The van der Waals surface area contributed by atoms with Gasteiger partial charge >= 0.3 is 17.9 Å². The highest BCUT2D eigenvalue weighted by Gasteiger charge is 2.52. The van der Waals surface area contributed by atoms with Crippen LogP contribution in [0.2, 0.25) is 0 Å². The number of furan rings is 1. The summed E-state index contributed by atoms with van der Waals surface area (Å²) in [5.41, 5.74) is 2.40. The first-order valence-corrected chi connectivity index (χ1v) is 15.2. The van der Waals surface area contributed by atoms with E-state index >= 15 is 0 Å². The molecular formula is C36H30N4O8. The van der Waals surface area contributed by atoms with E-state index in [4.69, 9.17) is 23.4 Å². The fourth-order valence-electron chi connectivity index (χ4n) is 5.81. The number of rotatable bonds is 9. The summed E-state index contributed by atoms with van der Waals surface area (Å²) in [4.78, 5) is 51.0. The SMILES string of the molecule is CN(C)c1ncnc2c1c1occc1n2[C@@H]1O[C@H](COC(=O)c2ccccc2)[C@@H](OC(=O)c2ccccc2)[C@H]1OC(=O)c1ccccc1. The second-order valence-electron chi connectivity index (χ2n) is 11.3. The van der Waals surface area contributed by atoms with Crippen LogP contribution < -0.4 is 4.90 Å². The van der Waals surface area contributed by atoms with E-state index < -0.39 is 42.4 Å². The Bertz CT molecular complexity index is 2080. The van der Waals surface area contributed by atoms with Crippen molar-refractivity contribution in [3.05, 3.63) is 126 Å². The molecule has 1 fully saturated rings. The minimum Gasteiger partial charge on any atom is -0.462 e. The predicted octanol–water partition coefficient (Wildman–Crippen LogP) is 5.45. The first kappa shape index (κ1) is 30.6. The van der Waals surface area contributed by atoms with Crippen LogP contribution in [0.1, 0.15) is 37.3 Å². The number of ether oxygens (including phenoxy) is 4. The molecule has 6 aromatic rings. The second-order valence-corrected chi connectivity index (χ2v) is 11.3. The summed E-state index contributed by atoms with van der Waals surface area (Å²) in [6, 6.07) is 27.1. The lowest BCUT2D eigenvalue weighted by atomic mass is 10.1. The molecule has 0 saturated carbocycles. The van der Waals surface area contributed by atoms with Gasteiger partial charge in [-0.3, -0.25) is 4.57 Å². The molecule has 0 spiro atoms. The van der Waals surface area contributed by atoms with Gasteiger partial charge < -0.3 is 28.3 Å². The molecule has 0 N–H and O–H groups in total. The van der Waals surface area contributed by atoms with E-state index in [9.17, 15) is 14.4 Å². The summed E-state index contributed by atoms with van der Waals surface area (Å²) in [5, 5.41) is 0.607. The number of nitrogens with zero attached hydrogens (tertiary/aromatic N) is 4. The second kappa shape index (κ2) is 13.0. The van der Waals surface area contributed by atoms with Gasteiger partial charge in [-0.05, 0) is 36.4 Å². The van der Waals surface area contributed by atoms with Crippen molar-refractivity contribution in [2.75, 3.05) is 25.6 Å². The number of fused-ring (bicyclic) bond motifs is 3. The van der Waals surface area contributed by atoms with E-state index in [2.05, 4.69) is 9.97 Å². The molecule has 0 bridgehead atoms. The zero-order valence-corrected chi connectivity index (χ0v) is 26.0. The fourth-order valence-corrected chi connectivity index (χ4v) is 5.81. The van der Waals surface area contributed by atoms with Crippen LogP contribution in [0.15, 0.2) is 114 Å². The Hall–Kier alpha value is -6.01. The van der Waals surface area contributed by atoms with Crippen LogP contribution in [-0.4, -0.2) is 71.5 Å². The highest BCUT2D eigenvalue weighted by molar-refractivity contribution is 6.09. The Morgan fingerprint density at radius 3 is 1.90 bits per heavy atom. The van der Waals surface area contributed by atoms with Gasteiger partial charge in [0.15, 0.2) is 29.7 Å². The van der Waals surface area contributed by atoms with Gasteiger partial charge in [0.2, 0.25) is 0 Å². The zero-order valence-electron chi connectivity index (χ0n) is 26.0. The van der Waals surface area contributed by atoms with E-state index in [1.165, 1.54) is 12.6 Å². The van der Waals surface area contributed by atoms with Crippen molar-refractivity contribution in [2.45, 2.75) is 24.5 Å². The third-order valence-corrected chi connectivity index (χ3v) is 8.02. The van der Waals surface area contributed by atoms with E-state index in [1.54, 1.807) is 102 Å². The topological polar surface area (TPSA) is 135 Å². The average molecular weight is 647 g/mol. The fraction of sp³-hybridized carbons (Fsp3) is 0.194. The quantitative estimate of drug-likeness (QED) is 0.147. The number of anilines is 1. The summed E-state index contributed by atoms with van der Waals surface area (Å²) >= 11 is 0. The Morgan fingerprint density at radius 1 is 0.750 bits per heavy atom. The third kappa shape index (κ3) is 5.73. The molecule has 0 aliphatic carbocycles. The van der Waals surface area contributed by atoms with Crippen molar-refractivity contribution in [3.8, 4) is 0 Å². The average Bonchev–Trinajstić information content (AvgIpc) is 3.81. The van der Waals surface area contributed by atoms with Crippen molar-refractivity contribution < 1.29 is 37.7 Å². The molecule has 3 aromatic carbocycles. The first-order valence-electron chi connectivity index (χ1n) is 15.2. The zero-order chi connectivity index (χ0) is 33.2. The van der Waals surface area contributed by atoms with E-state index in [-0.39, 0.29) is 17.7 Å². The van der Waals surface area contributed by atoms with Crippen LogP contribution >= 0.6 is 0 Å². The summed E-state index contributed by atoms with van der Waals surface area (Å²) < 4.78 is 32.2. The molecule has 4 atom stereocenters. The first-order chi connectivity index (χ1) is 23.4. The molecule has 12 heteroatoms. The van der Waals surface area contributed by atoms with Gasteiger partial charge in [-0.25, -0.2) is 24.4 Å². The highest BCUT2D eigenvalue weighted by Crippen LogP contribution is 2.42. The van der Waals surface area contributed by atoms with Gasteiger partial charge in [0.25, 0.3) is 0 Å². The lowest BCUT2D eigenvalue weighted by molar-refractivity contribution is -0.0588. The number of aromatic nitrogens is 3. The number of hydrogen-bond donors (Lipinski definition) is 0. The smallest absolute Gasteiger partial charge is 0.338 e. The van der Waals surface area contributed by atoms with Gasteiger partial charge in [0.05, 0.1) is 28.5 Å². The molecule has 7 rings (SSSR count). The third-order valence-electron chi connectivity index (χ3n) is 8.02. The molecule has 1 aliphatic rings. The maximum atomic E-state index is 13.6. The molecule has 48 heavy (non-hydrogen) atoms. The van der Waals surface area contributed by atoms with Gasteiger partial charge in [-0.2, -0.15) is 0 Å². The maximum Gasteiger partial charge on any atom is 0.338 e. The minimum atomic E-state index is -1.22. The van der Waals surface area contributed by atoms with E-state index in [1.807, 2.05) is 19.0 Å². The summed E-state index contributed by atoms with van der Waals surface area (Å²) in [6.07, 6.45) is -1.66. The number of benzene rings is 3. The molecule has 1 saturated heterocycles. The molecule has 1 aliphatic heterocycles. The van der Waals surface area contributed by atoms with Crippen molar-refractivity contribution >= 4 is 45.9 Å². The lowest BCUT2D eigenvalue weighted by Crippen LogP contribution is -2.41. The molecule has 12 nitrogen and oxygen atoms in total. The van der Waals surface area contributed by atoms with Crippen molar-refractivity contribution in [3.63, 3.8) is 0 Å². The van der Waals surface area contributed by atoms with Crippen molar-refractivity contribution in [1.29, 1.82) is 0 Å². The van der Waals surface area contributed by atoms with Crippen LogP contribution in [0.5, 0.6) is 0 Å². The Labute approximate surface area is 274 Å². The number of carbonyl (C=O) groups excluding carboxylic acids is 3. The molecule has 3 aromatic heterocycles. The van der Waals surface area contributed by atoms with Gasteiger partial charge in [-0.15, -0.1) is 0 Å². The van der Waals surface area contributed by atoms with Crippen LogP contribution in [-0.2, 0) is 18.9 Å². The molecular weight excluding hydrogens is 616 g/mol. The van der Waals surface area contributed by atoms with E-state index in [0.717, 1.165) is 0 Å². The Balaban J connectivity index is 1.33. The van der Waals surface area contributed by atoms with Gasteiger partial charge in [0.1, 0.15) is 30.2 Å². The lowest BCUT2D eigenvalue weighted by Gasteiger charge is -2.25. The Kier molecular flexibility index (Phi) is 8.30. The summed E-state index contributed by atoms with van der Waals surface area (Å²) in [5.74, 6) is -1.34. The largest absolute Gasteiger partial charge is 0.462 e. The molecule has 242 valence electrons. The molecule has 0 unspecified atom stereocenters. The van der Waals surface area contributed by atoms with Gasteiger partial charge in [0, 0.05) is 20.2 Å². The van der Waals surface area contributed by atoms with Crippen molar-refractivity contribution in [2.24, 2.45) is 0 Å². The van der Waals surface area contributed by atoms with Crippen LogP contribution in [0.25, 0.3) is 22.1 Å². The van der Waals surface area contributed by atoms with Crippen LogP contribution in [0.3, 0.4) is 0 Å². The summed E-state index contributed by atoms with van der Waals surface area (Å²) in [6.45, 7) is -0.317. The normalized spacial score (nSPS) is 18.9. The molecule has 0 amide bonds. The minimum absolute atomic E-state index is 0.279.